The minimum absolute atomic E-state index is 0.102. The van der Waals surface area contributed by atoms with Crippen LogP contribution in [0.2, 0.25) is 5.15 Å². The molecule has 6 nitrogen and oxygen atoms in total. The second-order valence-corrected chi connectivity index (χ2v) is 4.22. The fraction of sp³-hybridized carbons (Fsp3) is 0.250. The zero-order chi connectivity index (χ0) is 15.1. The minimum atomic E-state index is -1.14. The Labute approximate surface area is 119 Å². The number of rotatable bonds is 6. The Morgan fingerprint density at radius 2 is 2.30 bits per heavy atom. The van der Waals surface area contributed by atoms with Crippen LogP contribution >= 0.6 is 11.6 Å². The number of carboxylic acid groups (broad SMARTS) is 1. The number of carbonyl (C=O) groups is 2. The van der Waals surface area contributed by atoms with Crippen LogP contribution in [0.4, 0.5) is 4.39 Å². The molecule has 1 aromatic heterocycles. The summed E-state index contributed by atoms with van der Waals surface area (Å²) in [7, 11) is 0. The van der Waals surface area contributed by atoms with E-state index in [0.717, 1.165) is 6.08 Å². The van der Waals surface area contributed by atoms with Gasteiger partial charge in [0.1, 0.15) is 6.04 Å². The largest absolute Gasteiger partial charge is 0.480 e. The topological polar surface area (TPSA) is 105 Å². The van der Waals surface area contributed by atoms with Crippen LogP contribution in [0.3, 0.4) is 0 Å². The summed E-state index contributed by atoms with van der Waals surface area (Å²) in [4.78, 5) is 25.4. The van der Waals surface area contributed by atoms with E-state index in [0.29, 0.717) is 0 Å². The quantitative estimate of drug-likeness (QED) is 0.532. The normalized spacial score (nSPS) is 12.3. The van der Waals surface area contributed by atoms with E-state index in [1.54, 1.807) is 0 Å². The fourth-order valence-electron chi connectivity index (χ4n) is 1.26. The van der Waals surface area contributed by atoms with Gasteiger partial charge in [0.2, 0.25) is 5.91 Å². The van der Waals surface area contributed by atoms with Crippen molar-refractivity contribution in [2.45, 2.75) is 12.5 Å². The van der Waals surface area contributed by atoms with Crippen molar-refractivity contribution < 1.29 is 19.1 Å². The molecule has 1 atom stereocenters. The molecule has 0 radical (unpaired) electrons. The lowest BCUT2D eigenvalue weighted by Crippen LogP contribution is -2.34. The van der Waals surface area contributed by atoms with E-state index in [-0.39, 0.29) is 23.7 Å². The van der Waals surface area contributed by atoms with Gasteiger partial charge in [0.25, 0.3) is 0 Å². The van der Waals surface area contributed by atoms with E-state index in [9.17, 15) is 14.0 Å². The van der Waals surface area contributed by atoms with Crippen LogP contribution in [0.15, 0.2) is 18.3 Å². The number of carboxylic acids is 1. The standard InChI is InChI=1S/C12H13ClFN3O3/c13-11-10(14)7(3-5-17-11)1-2-9(18)16-6-4-8(15)12(19)20/h1-3,5,8H,4,6,15H2,(H,16,18)(H,19,20)/b2-1+/t8-/m0/s1. The van der Waals surface area contributed by atoms with Gasteiger partial charge in [0, 0.05) is 24.4 Å². The number of aliphatic carboxylic acids is 1. The number of nitrogens with zero attached hydrogens (tertiary/aromatic N) is 1. The number of amides is 1. The summed E-state index contributed by atoms with van der Waals surface area (Å²) in [6.45, 7) is 0.107. The molecule has 20 heavy (non-hydrogen) atoms. The molecule has 8 heteroatoms. The fourth-order valence-corrected chi connectivity index (χ4v) is 1.42. The summed E-state index contributed by atoms with van der Waals surface area (Å²) in [5.74, 6) is -2.34. The average Bonchev–Trinajstić information content (AvgIpc) is 2.40. The summed E-state index contributed by atoms with van der Waals surface area (Å²) in [6.07, 6.45) is 3.77. The van der Waals surface area contributed by atoms with Gasteiger partial charge >= 0.3 is 5.97 Å². The molecule has 1 amide bonds. The molecule has 0 bridgehead atoms. The first kappa shape index (κ1) is 16.1. The van der Waals surface area contributed by atoms with Crippen LogP contribution in [-0.2, 0) is 9.59 Å². The number of pyridine rings is 1. The minimum Gasteiger partial charge on any atom is -0.480 e. The van der Waals surface area contributed by atoms with Crippen LogP contribution < -0.4 is 11.1 Å². The van der Waals surface area contributed by atoms with Crippen molar-refractivity contribution in [3.05, 3.63) is 34.9 Å². The predicted molar refractivity (Wildman–Crippen MR) is 71.5 cm³/mol. The molecule has 4 N–H and O–H groups in total. The van der Waals surface area contributed by atoms with Crippen LogP contribution in [0.5, 0.6) is 0 Å². The first-order valence-corrected chi connectivity index (χ1v) is 6.04. The maximum atomic E-state index is 13.4. The zero-order valence-corrected chi connectivity index (χ0v) is 11.1. The van der Waals surface area contributed by atoms with Crippen LogP contribution in [0.1, 0.15) is 12.0 Å². The first-order valence-electron chi connectivity index (χ1n) is 5.66. The van der Waals surface area contributed by atoms with Crippen molar-refractivity contribution in [3.8, 4) is 0 Å². The molecule has 0 aliphatic heterocycles. The third kappa shape index (κ3) is 4.94. The number of nitrogens with one attached hydrogen (secondary N) is 1. The van der Waals surface area contributed by atoms with Gasteiger partial charge in [-0.2, -0.15) is 0 Å². The van der Waals surface area contributed by atoms with Gasteiger partial charge in [-0.05, 0) is 18.6 Å². The van der Waals surface area contributed by atoms with E-state index in [4.69, 9.17) is 22.4 Å². The Hall–Kier alpha value is -1.99. The van der Waals surface area contributed by atoms with Crippen molar-refractivity contribution in [1.82, 2.24) is 10.3 Å². The summed E-state index contributed by atoms with van der Waals surface area (Å²) in [6, 6.07) is 0.335. The van der Waals surface area contributed by atoms with Crippen molar-refractivity contribution in [2.24, 2.45) is 5.73 Å². The van der Waals surface area contributed by atoms with Crippen LogP contribution in [0, 0.1) is 5.82 Å². The van der Waals surface area contributed by atoms with E-state index in [1.165, 1.54) is 18.3 Å². The molecule has 1 aromatic rings. The molecule has 0 saturated heterocycles. The number of halogens is 2. The molecule has 0 aliphatic rings. The van der Waals surface area contributed by atoms with E-state index in [2.05, 4.69) is 10.3 Å². The van der Waals surface area contributed by atoms with Crippen LogP contribution in [0.25, 0.3) is 6.08 Å². The molecular formula is C12H13ClFN3O3. The Bertz CT molecular complexity index is 537. The monoisotopic (exact) mass is 301 g/mol. The third-order valence-electron chi connectivity index (χ3n) is 2.36. The Morgan fingerprint density at radius 3 is 2.95 bits per heavy atom. The predicted octanol–water partition coefficient (Wildman–Crippen LogP) is 0.805. The third-order valence-corrected chi connectivity index (χ3v) is 2.63. The van der Waals surface area contributed by atoms with Gasteiger partial charge in [-0.1, -0.05) is 11.6 Å². The number of nitrogens with two attached hydrogens (primary N) is 1. The van der Waals surface area contributed by atoms with E-state index < -0.39 is 23.7 Å². The Morgan fingerprint density at radius 1 is 1.60 bits per heavy atom. The second kappa shape index (κ2) is 7.56. The molecule has 0 aliphatic carbocycles. The summed E-state index contributed by atoms with van der Waals surface area (Å²) >= 11 is 5.49. The average molecular weight is 302 g/mol. The lowest BCUT2D eigenvalue weighted by molar-refractivity contribution is -0.138. The Kier molecular flexibility index (Phi) is 6.08. The lowest BCUT2D eigenvalue weighted by Gasteiger charge is -2.06. The highest BCUT2D eigenvalue weighted by Gasteiger charge is 2.10. The van der Waals surface area contributed by atoms with Gasteiger partial charge in [-0.3, -0.25) is 9.59 Å². The summed E-state index contributed by atoms with van der Waals surface area (Å²) in [5, 5.41) is 10.7. The van der Waals surface area contributed by atoms with Gasteiger partial charge in [0.15, 0.2) is 11.0 Å². The highest BCUT2D eigenvalue weighted by Crippen LogP contribution is 2.15. The maximum absolute atomic E-state index is 13.4. The highest BCUT2D eigenvalue weighted by molar-refractivity contribution is 6.29. The van der Waals surface area contributed by atoms with Gasteiger partial charge in [0.05, 0.1) is 0 Å². The summed E-state index contributed by atoms with van der Waals surface area (Å²) in [5.41, 5.74) is 5.39. The Balaban J connectivity index is 2.48. The number of aromatic nitrogens is 1. The van der Waals surface area contributed by atoms with Crippen molar-refractivity contribution in [2.75, 3.05) is 6.54 Å². The highest BCUT2D eigenvalue weighted by atomic mass is 35.5. The van der Waals surface area contributed by atoms with Gasteiger partial charge in [-0.25, -0.2) is 9.37 Å². The molecule has 0 spiro atoms. The maximum Gasteiger partial charge on any atom is 0.320 e. The van der Waals surface area contributed by atoms with Crippen LogP contribution in [-0.4, -0.2) is 34.6 Å². The van der Waals surface area contributed by atoms with E-state index >= 15 is 0 Å². The molecule has 0 fully saturated rings. The number of hydrogen-bond donors (Lipinski definition) is 3. The smallest absolute Gasteiger partial charge is 0.320 e. The molecule has 0 saturated carbocycles. The molecule has 108 valence electrons. The molecule has 0 unspecified atom stereocenters. The molecule has 1 rings (SSSR count). The van der Waals surface area contributed by atoms with Crippen molar-refractivity contribution in [3.63, 3.8) is 0 Å². The summed E-state index contributed by atoms with van der Waals surface area (Å²) < 4.78 is 13.4. The van der Waals surface area contributed by atoms with Gasteiger partial charge < -0.3 is 16.2 Å². The lowest BCUT2D eigenvalue weighted by atomic mass is 10.2. The van der Waals surface area contributed by atoms with Crippen molar-refractivity contribution >= 4 is 29.6 Å². The van der Waals surface area contributed by atoms with Crippen molar-refractivity contribution in [1.29, 1.82) is 0 Å². The number of hydrogen-bond acceptors (Lipinski definition) is 4. The second-order valence-electron chi connectivity index (χ2n) is 3.86. The molecule has 0 aromatic carbocycles. The van der Waals surface area contributed by atoms with Gasteiger partial charge in [-0.15, -0.1) is 0 Å². The zero-order valence-electron chi connectivity index (χ0n) is 10.3. The van der Waals surface area contributed by atoms with E-state index in [1.807, 2.05) is 0 Å². The molecular weight excluding hydrogens is 289 g/mol. The molecule has 1 heterocycles. The first-order chi connectivity index (χ1) is 9.41. The number of carbonyl (C=O) groups excluding carboxylic acids is 1. The SMILES string of the molecule is N[C@@H](CCNC(=O)/C=C/c1ccnc(Cl)c1F)C(=O)O.